The highest BCUT2D eigenvalue weighted by atomic mass is 32.1. The van der Waals surface area contributed by atoms with E-state index in [2.05, 4.69) is 17.9 Å². The molecule has 0 aromatic heterocycles. The first-order chi connectivity index (χ1) is 1.91. The van der Waals surface area contributed by atoms with Crippen LogP contribution < -0.4 is 5.32 Å². The standard InChI is InChI=1S/C2H6NS/c1-3-2-4/h3H,2H2,1H3. The predicted molar refractivity (Wildman–Crippen MR) is 21.5 cm³/mol. The minimum absolute atomic E-state index is 0.653. The zero-order chi connectivity index (χ0) is 3.41. The van der Waals surface area contributed by atoms with Gasteiger partial charge in [-0.25, -0.2) is 0 Å². The highest BCUT2D eigenvalue weighted by Crippen LogP contribution is 1.53. The third-order valence-corrected chi connectivity index (χ3v) is 0.433. The lowest BCUT2D eigenvalue weighted by Crippen LogP contribution is -1.98. The quantitative estimate of drug-likeness (QED) is 0.475. The summed E-state index contributed by atoms with van der Waals surface area (Å²) in [4.78, 5) is 0. The van der Waals surface area contributed by atoms with Crippen LogP contribution >= 0.6 is 12.6 Å². The molecule has 25 valence electrons. The van der Waals surface area contributed by atoms with Crippen molar-refractivity contribution in [2.24, 2.45) is 0 Å². The zero-order valence-electron chi connectivity index (χ0n) is 2.62. The van der Waals surface area contributed by atoms with Crippen LogP contribution in [0.3, 0.4) is 0 Å². The van der Waals surface area contributed by atoms with E-state index >= 15 is 0 Å². The monoisotopic (exact) mass is 76.0 g/mol. The maximum absolute atomic E-state index is 4.44. The van der Waals surface area contributed by atoms with Crippen LogP contribution in [0, 0.1) is 0 Å². The second-order valence-corrected chi connectivity index (χ2v) is 0.787. The fourth-order valence-corrected chi connectivity index (χ4v) is 0. The van der Waals surface area contributed by atoms with Crippen LogP contribution in [0.1, 0.15) is 0 Å². The van der Waals surface area contributed by atoms with Crippen molar-refractivity contribution in [1.82, 2.24) is 5.32 Å². The molecule has 0 saturated carbocycles. The van der Waals surface area contributed by atoms with Crippen LogP contribution in [0.15, 0.2) is 0 Å². The summed E-state index contributed by atoms with van der Waals surface area (Å²) in [7, 11) is 1.83. The summed E-state index contributed by atoms with van der Waals surface area (Å²) in [5.41, 5.74) is 0. The van der Waals surface area contributed by atoms with E-state index in [0.29, 0.717) is 5.88 Å². The van der Waals surface area contributed by atoms with E-state index in [1.54, 1.807) is 0 Å². The van der Waals surface area contributed by atoms with E-state index in [1.807, 2.05) is 7.05 Å². The van der Waals surface area contributed by atoms with E-state index < -0.39 is 0 Å². The maximum atomic E-state index is 4.44. The summed E-state index contributed by atoms with van der Waals surface area (Å²) in [5.74, 6) is 0.653. The molecule has 0 saturated heterocycles. The summed E-state index contributed by atoms with van der Waals surface area (Å²) in [6.07, 6.45) is 0. The van der Waals surface area contributed by atoms with Crippen molar-refractivity contribution in [1.29, 1.82) is 0 Å². The minimum atomic E-state index is 0.653. The Kier molecular flexibility index (Phi) is 3.57. The number of hydrogen-bond donors (Lipinski definition) is 1. The molecule has 0 amide bonds. The summed E-state index contributed by atoms with van der Waals surface area (Å²) >= 11 is 4.44. The van der Waals surface area contributed by atoms with Crippen LogP contribution in [-0.4, -0.2) is 12.9 Å². The van der Waals surface area contributed by atoms with Gasteiger partial charge in [0.15, 0.2) is 0 Å². The Balaban J connectivity index is 1.97. The summed E-state index contributed by atoms with van der Waals surface area (Å²) in [6, 6.07) is 0. The molecule has 0 bridgehead atoms. The van der Waals surface area contributed by atoms with Crippen LogP contribution in [0.4, 0.5) is 0 Å². The molecule has 2 heteroatoms. The topological polar surface area (TPSA) is 12.0 Å². The molecule has 0 rings (SSSR count). The second-order valence-electron chi connectivity index (χ2n) is 0.498. The number of hydrogen-bond acceptors (Lipinski definition) is 1. The summed E-state index contributed by atoms with van der Waals surface area (Å²) in [5, 5.41) is 2.75. The molecule has 0 unspecified atom stereocenters. The Labute approximate surface area is 31.8 Å². The van der Waals surface area contributed by atoms with Crippen molar-refractivity contribution >= 4 is 12.6 Å². The lowest BCUT2D eigenvalue weighted by molar-refractivity contribution is 0.988. The molecule has 0 fully saturated rings. The maximum Gasteiger partial charge on any atom is 0.0521 e. The van der Waals surface area contributed by atoms with Crippen molar-refractivity contribution < 1.29 is 0 Å². The Morgan fingerprint density at radius 2 is 2.25 bits per heavy atom. The van der Waals surface area contributed by atoms with Gasteiger partial charge >= 0.3 is 0 Å². The van der Waals surface area contributed by atoms with Crippen molar-refractivity contribution in [3.63, 3.8) is 0 Å². The zero-order valence-corrected chi connectivity index (χ0v) is 3.43. The van der Waals surface area contributed by atoms with Gasteiger partial charge in [-0.2, -0.15) is 0 Å². The van der Waals surface area contributed by atoms with Crippen LogP contribution in [-0.2, 0) is 0 Å². The first kappa shape index (κ1) is 4.31. The Morgan fingerprint density at radius 1 is 2.00 bits per heavy atom. The van der Waals surface area contributed by atoms with Crippen LogP contribution in [0.2, 0.25) is 0 Å². The molecule has 0 spiro atoms. The van der Waals surface area contributed by atoms with Crippen molar-refractivity contribution in [3.8, 4) is 0 Å². The first-order valence-electron chi connectivity index (χ1n) is 1.14. The average molecular weight is 76.1 g/mol. The Hall–Kier alpha value is 0.310. The van der Waals surface area contributed by atoms with Crippen LogP contribution in [0.25, 0.3) is 0 Å². The van der Waals surface area contributed by atoms with Gasteiger partial charge in [-0.15, -0.1) is 0 Å². The molecule has 0 aliphatic rings. The largest absolute Gasteiger partial charge is 0.310 e. The SMILES string of the molecule is CNC[S]. The fraction of sp³-hybridized carbons (Fsp3) is 1.00. The van der Waals surface area contributed by atoms with Crippen molar-refractivity contribution in [3.05, 3.63) is 0 Å². The molecule has 1 nitrogen and oxygen atoms in total. The van der Waals surface area contributed by atoms with Gasteiger partial charge in [0.2, 0.25) is 0 Å². The van der Waals surface area contributed by atoms with Gasteiger partial charge in [-0.05, 0) is 7.05 Å². The van der Waals surface area contributed by atoms with Crippen LogP contribution in [0.5, 0.6) is 0 Å². The van der Waals surface area contributed by atoms with E-state index in [1.165, 1.54) is 0 Å². The van der Waals surface area contributed by atoms with E-state index in [9.17, 15) is 0 Å². The lowest BCUT2D eigenvalue weighted by atomic mass is 11.3. The molecule has 0 atom stereocenters. The Morgan fingerprint density at radius 3 is 2.25 bits per heavy atom. The molecule has 0 aliphatic carbocycles. The second kappa shape index (κ2) is 3.31. The molecule has 0 aromatic carbocycles. The van der Waals surface area contributed by atoms with Gasteiger partial charge in [0.05, 0.1) is 5.88 Å². The summed E-state index contributed by atoms with van der Waals surface area (Å²) < 4.78 is 0. The smallest absolute Gasteiger partial charge is 0.0521 e. The molecule has 0 heterocycles. The molecular formula is C2H6NS. The van der Waals surface area contributed by atoms with E-state index in [-0.39, 0.29) is 0 Å². The molecule has 4 heavy (non-hydrogen) atoms. The van der Waals surface area contributed by atoms with Crippen molar-refractivity contribution in [2.45, 2.75) is 0 Å². The molecule has 0 aliphatic heterocycles. The number of nitrogens with one attached hydrogen (secondary N) is 1. The van der Waals surface area contributed by atoms with Gasteiger partial charge < -0.3 is 5.32 Å². The molecule has 1 N–H and O–H groups in total. The first-order valence-corrected chi connectivity index (χ1v) is 1.72. The van der Waals surface area contributed by atoms with E-state index in [4.69, 9.17) is 0 Å². The third-order valence-electron chi connectivity index (χ3n) is 0.144. The average Bonchev–Trinajstić information content (AvgIpc) is 1.37. The Bertz CT molecular complexity index is 8.00. The predicted octanol–water partition coefficient (Wildman–Crippen LogP) is 0.361. The van der Waals surface area contributed by atoms with Gasteiger partial charge in [0.1, 0.15) is 0 Å². The van der Waals surface area contributed by atoms with E-state index in [0.717, 1.165) is 0 Å². The van der Waals surface area contributed by atoms with Gasteiger partial charge in [0, 0.05) is 0 Å². The highest BCUT2D eigenvalue weighted by Gasteiger charge is 1.52. The highest BCUT2D eigenvalue weighted by molar-refractivity contribution is 7.80. The minimum Gasteiger partial charge on any atom is -0.310 e. The third kappa shape index (κ3) is 2.31. The molecule has 1 radical (unpaired) electrons. The molecular weight excluding hydrogens is 70.1 g/mol. The van der Waals surface area contributed by atoms with Gasteiger partial charge in [0.25, 0.3) is 0 Å². The van der Waals surface area contributed by atoms with Gasteiger partial charge in [-0.1, -0.05) is 12.6 Å². The fourth-order valence-electron chi connectivity index (χ4n) is 0. The normalized spacial score (nSPS) is 7.50. The summed E-state index contributed by atoms with van der Waals surface area (Å²) in [6.45, 7) is 0. The van der Waals surface area contributed by atoms with Crippen molar-refractivity contribution in [2.75, 3.05) is 12.9 Å². The molecule has 0 aromatic rings. The van der Waals surface area contributed by atoms with Gasteiger partial charge in [-0.3, -0.25) is 0 Å². The number of rotatable bonds is 1. The lowest BCUT2D eigenvalue weighted by Gasteiger charge is -1.74.